The van der Waals surface area contributed by atoms with Crippen molar-refractivity contribution in [3.63, 3.8) is 0 Å². The van der Waals surface area contributed by atoms with Crippen LogP contribution in [0.5, 0.6) is 0 Å². The van der Waals surface area contributed by atoms with E-state index in [4.69, 9.17) is 10.5 Å². The van der Waals surface area contributed by atoms with Crippen molar-refractivity contribution in [2.24, 2.45) is 11.7 Å². The number of morpholine rings is 1. The molecular formula is C30H42BrN4O3+. The number of ether oxygens (including phenoxy) is 1. The van der Waals surface area contributed by atoms with Crippen molar-refractivity contribution in [1.29, 1.82) is 0 Å². The minimum atomic E-state index is -0.418. The van der Waals surface area contributed by atoms with Gasteiger partial charge in [-0.15, -0.1) is 0 Å². The standard InChI is InChI=1S/C30H41BrN4O3/c1-3-15-35(16-11-24(12-17-35)28(32)30(37)34-13-18-38-19-14-34)22(2)20-23-5-4-6-27(21-23)33-29(36)25-7-9-26(31)10-8-25/h4-10,21-22,24,28H,3,11-20,32H2,1-2H3/p+1. The summed E-state index contributed by atoms with van der Waals surface area (Å²) in [5, 5.41) is 3.04. The smallest absolute Gasteiger partial charge is 0.255 e. The second-order valence-corrected chi connectivity index (χ2v) is 11.8. The van der Waals surface area contributed by atoms with Crippen molar-refractivity contribution in [2.75, 3.05) is 51.3 Å². The Morgan fingerprint density at radius 1 is 1.13 bits per heavy atom. The van der Waals surface area contributed by atoms with Gasteiger partial charge in [0.25, 0.3) is 5.91 Å². The Hall–Kier alpha value is -2.26. The number of carbonyl (C=O) groups excluding carboxylic acids is 2. The molecule has 3 N–H and O–H groups in total. The molecule has 2 saturated heterocycles. The third kappa shape index (κ3) is 7.03. The lowest BCUT2D eigenvalue weighted by Crippen LogP contribution is -2.61. The zero-order valence-electron chi connectivity index (χ0n) is 22.7. The maximum Gasteiger partial charge on any atom is 0.255 e. The molecule has 38 heavy (non-hydrogen) atoms. The maximum absolute atomic E-state index is 13.0. The lowest BCUT2D eigenvalue weighted by molar-refractivity contribution is -0.954. The molecule has 206 valence electrons. The SMILES string of the molecule is CCC[N+]1(C(C)Cc2cccc(NC(=O)c3ccc(Br)cc3)c2)CCC(C(N)C(=O)N2CCOCC2)CC1. The molecule has 0 aliphatic carbocycles. The summed E-state index contributed by atoms with van der Waals surface area (Å²) < 4.78 is 7.40. The molecule has 0 radical (unpaired) electrons. The Balaban J connectivity index is 1.37. The summed E-state index contributed by atoms with van der Waals surface area (Å²) in [6, 6.07) is 15.6. The lowest BCUT2D eigenvalue weighted by Gasteiger charge is -2.49. The number of carbonyl (C=O) groups is 2. The number of nitrogens with two attached hydrogens (primary N) is 1. The number of rotatable bonds is 9. The van der Waals surface area contributed by atoms with Gasteiger partial charge in [0.2, 0.25) is 5.91 Å². The number of amides is 2. The van der Waals surface area contributed by atoms with Gasteiger partial charge in [0.05, 0.1) is 44.9 Å². The average Bonchev–Trinajstić information content (AvgIpc) is 2.94. The third-order valence-corrected chi connectivity index (χ3v) is 8.96. The summed E-state index contributed by atoms with van der Waals surface area (Å²) in [6.45, 7) is 10.3. The molecule has 4 rings (SSSR count). The van der Waals surface area contributed by atoms with Crippen LogP contribution in [0.4, 0.5) is 5.69 Å². The second kappa shape index (κ2) is 13.2. The van der Waals surface area contributed by atoms with Gasteiger partial charge >= 0.3 is 0 Å². The molecule has 8 heteroatoms. The second-order valence-electron chi connectivity index (χ2n) is 10.9. The summed E-state index contributed by atoms with van der Waals surface area (Å²) in [5.41, 5.74) is 9.19. The number of piperidine rings is 1. The van der Waals surface area contributed by atoms with Gasteiger partial charge in [-0.1, -0.05) is 35.0 Å². The number of hydrogen-bond acceptors (Lipinski definition) is 4. The van der Waals surface area contributed by atoms with E-state index in [1.165, 1.54) is 5.56 Å². The average molecular weight is 587 g/mol. The normalized spacial score (nSPS) is 23.5. The van der Waals surface area contributed by atoms with E-state index in [-0.39, 0.29) is 17.7 Å². The highest BCUT2D eigenvalue weighted by atomic mass is 79.9. The van der Waals surface area contributed by atoms with Crippen molar-refractivity contribution < 1.29 is 18.8 Å². The Bertz CT molecular complexity index is 1080. The number of nitrogens with one attached hydrogen (secondary N) is 1. The molecule has 2 atom stereocenters. The molecule has 2 fully saturated rings. The van der Waals surface area contributed by atoms with E-state index < -0.39 is 6.04 Å². The van der Waals surface area contributed by atoms with Crippen molar-refractivity contribution >= 4 is 33.4 Å². The largest absolute Gasteiger partial charge is 0.378 e. The zero-order valence-corrected chi connectivity index (χ0v) is 24.3. The fourth-order valence-electron chi connectivity index (χ4n) is 6.10. The quantitative estimate of drug-likeness (QED) is 0.426. The topological polar surface area (TPSA) is 84.7 Å². The number of likely N-dealkylation sites (tertiary alicyclic amines) is 1. The molecule has 2 aromatic carbocycles. The highest BCUT2D eigenvalue weighted by molar-refractivity contribution is 9.10. The van der Waals surface area contributed by atoms with E-state index in [0.29, 0.717) is 37.9 Å². The summed E-state index contributed by atoms with van der Waals surface area (Å²) >= 11 is 3.41. The van der Waals surface area contributed by atoms with E-state index in [1.54, 1.807) is 0 Å². The van der Waals surface area contributed by atoms with Gasteiger partial charge in [-0.2, -0.15) is 0 Å². The minimum Gasteiger partial charge on any atom is -0.378 e. The van der Waals surface area contributed by atoms with Crippen LogP contribution < -0.4 is 11.1 Å². The first-order chi connectivity index (χ1) is 18.3. The molecule has 0 saturated carbocycles. The predicted molar refractivity (Wildman–Crippen MR) is 155 cm³/mol. The number of quaternary nitrogens is 1. The van der Waals surface area contributed by atoms with Gasteiger partial charge < -0.3 is 25.2 Å². The van der Waals surface area contributed by atoms with Crippen LogP contribution in [0.3, 0.4) is 0 Å². The molecule has 0 spiro atoms. The Kier molecular flexibility index (Phi) is 9.98. The number of halogens is 1. The summed E-state index contributed by atoms with van der Waals surface area (Å²) in [7, 11) is 0. The fraction of sp³-hybridized carbons (Fsp3) is 0.533. The third-order valence-electron chi connectivity index (χ3n) is 8.43. The van der Waals surface area contributed by atoms with Crippen LogP contribution in [0.15, 0.2) is 53.0 Å². The number of nitrogens with zero attached hydrogens (tertiary/aromatic N) is 2. The minimum absolute atomic E-state index is 0.0869. The van der Waals surface area contributed by atoms with E-state index in [0.717, 1.165) is 60.0 Å². The lowest BCUT2D eigenvalue weighted by atomic mass is 9.86. The monoisotopic (exact) mass is 585 g/mol. The first-order valence-corrected chi connectivity index (χ1v) is 14.7. The Labute approximate surface area is 235 Å². The molecule has 2 aliphatic rings. The molecule has 0 bridgehead atoms. The van der Waals surface area contributed by atoms with Crippen LogP contribution >= 0.6 is 15.9 Å². The molecule has 2 aliphatic heterocycles. The van der Waals surface area contributed by atoms with Crippen LogP contribution in [0.1, 0.15) is 49.0 Å². The van der Waals surface area contributed by atoms with Crippen molar-refractivity contribution in [2.45, 2.75) is 51.6 Å². The first-order valence-electron chi connectivity index (χ1n) is 13.9. The van der Waals surface area contributed by atoms with Crippen molar-refractivity contribution in [3.8, 4) is 0 Å². The molecule has 0 aromatic heterocycles. The van der Waals surface area contributed by atoms with Gasteiger partial charge in [0.1, 0.15) is 0 Å². The van der Waals surface area contributed by atoms with E-state index in [9.17, 15) is 9.59 Å². The number of hydrogen-bond donors (Lipinski definition) is 2. The summed E-state index contributed by atoms with van der Waals surface area (Å²) in [4.78, 5) is 27.6. The molecule has 2 unspecified atom stereocenters. The highest BCUT2D eigenvalue weighted by Gasteiger charge is 2.41. The maximum atomic E-state index is 13.0. The van der Waals surface area contributed by atoms with E-state index in [2.05, 4.69) is 47.2 Å². The fourth-order valence-corrected chi connectivity index (χ4v) is 6.37. The molecule has 2 amide bonds. The molecule has 2 aromatic rings. The molecule has 7 nitrogen and oxygen atoms in total. The van der Waals surface area contributed by atoms with E-state index >= 15 is 0 Å². The Morgan fingerprint density at radius 3 is 2.47 bits per heavy atom. The number of benzene rings is 2. The van der Waals surface area contributed by atoms with E-state index in [1.807, 2.05) is 41.3 Å². The van der Waals surface area contributed by atoms with Gasteiger partial charge in [-0.3, -0.25) is 9.59 Å². The summed E-state index contributed by atoms with van der Waals surface area (Å²) in [5.74, 6) is 0.212. The van der Waals surface area contributed by atoms with Crippen LogP contribution in [0, 0.1) is 5.92 Å². The Morgan fingerprint density at radius 2 is 1.82 bits per heavy atom. The van der Waals surface area contributed by atoms with Crippen LogP contribution in [0.2, 0.25) is 0 Å². The van der Waals surface area contributed by atoms with Gasteiger partial charge in [0, 0.05) is 48.1 Å². The highest BCUT2D eigenvalue weighted by Crippen LogP contribution is 2.31. The summed E-state index contributed by atoms with van der Waals surface area (Å²) in [6.07, 6.45) is 4.01. The first kappa shape index (κ1) is 28.7. The molecule has 2 heterocycles. The predicted octanol–water partition coefficient (Wildman–Crippen LogP) is 4.46. The van der Waals surface area contributed by atoms with Crippen molar-refractivity contribution in [3.05, 3.63) is 64.1 Å². The zero-order chi connectivity index (χ0) is 27.1. The number of anilines is 1. The van der Waals surface area contributed by atoms with Gasteiger partial charge in [0.15, 0.2) is 0 Å². The van der Waals surface area contributed by atoms with Gasteiger partial charge in [-0.05, 0) is 61.2 Å². The molecular weight excluding hydrogens is 544 g/mol. The van der Waals surface area contributed by atoms with Crippen LogP contribution in [-0.2, 0) is 16.0 Å². The van der Waals surface area contributed by atoms with Crippen LogP contribution in [-0.4, -0.2) is 79.2 Å². The van der Waals surface area contributed by atoms with Gasteiger partial charge in [-0.25, -0.2) is 0 Å². The van der Waals surface area contributed by atoms with Crippen LogP contribution in [0.25, 0.3) is 0 Å². The van der Waals surface area contributed by atoms with Crippen molar-refractivity contribution in [1.82, 2.24) is 4.90 Å².